The average Bonchev–Trinajstić information content (AvgIpc) is 2.95. The standard InChI is InChI=1S/C18H19BrO/c1-2-20-17-9-4-3-8-16(17)18(19)15-11-10-13-6-5-7-14(13)12-15/h3-4,8-12,18H,2,5-7H2,1H3. The maximum absolute atomic E-state index is 5.74. The van der Waals surface area contributed by atoms with Crippen LogP contribution in [0.25, 0.3) is 0 Å². The molecule has 1 unspecified atom stereocenters. The Balaban J connectivity index is 1.94. The molecule has 2 aromatic rings. The maximum Gasteiger partial charge on any atom is 0.123 e. The molecule has 0 radical (unpaired) electrons. The monoisotopic (exact) mass is 330 g/mol. The smallest absolute Gasteiger partial charge is 0.123 e. The molecule has 0 saturated carbocycles. The van der Waals surface area contributed by atoms with E-state index >= 15 is 0 Å². The molecule has 0 spiro atoms. The highest BCUT2D eigenvalue weighted by Crippen LogP contribution is 2.38. The highest BCUT2D eigenvalue weighted by Gasteiger charge is 2.18. The van der Waals surface area contributed by atoms with Gasteiger partial charge in [-0.05, 0) is 48.9 Å². The summed E-state index contributed by atoms with van der Waals surface area (Å²) in [5, 5.41) is 0. The van der Waals surface area contributed by atoms with Gasteiger partial charge in [-0.1, -0.05) is 52.3 Å². The Morgan fingerprint density at radius 1 is 1.10 bits per heavy atom. The number of ether oxygens (including phenoxy) is 1. The van der Waals surface area contributed by atoms with Crippen LogP contribution in [-0.2, 0) is 12.8 Å². The summed E-state index contributed by atoms with van der Waals surface area (Å²) in [6, 6.07) is 15.2. The third-order valence-corrected chi connectivity index (χ3v) is 4.93. The highest BCUT2D eigenvalue weighted by molar-refractivity contribution is 9.09. The average molecular weight is 331 g/mol. The van der Waals surface area contributed by atoms with Gasteiger partial charge in [0.1, 0.15) is 5.75 Å². The molecule has 2 heteroatoms. The fourth-order valence-corrected chi connectivity index (χ4v) is 3.57. The lowest BCUT2D eigenvalue weighted by molar-refractivity contribution is 0.337. The molecule has 2 aromatic carbocycles. The predicted molar refractivity (Wildman–Crippen MR) is 86.8 cm³/mol. The number of hydrogen-bond donors (Lipinski definition) is 0. The predicted octanol–water partition coefficient (Wildman–Crippen LogP) is 5.06. The fourth-order valence-electron chi connectivity index (χ4n) is 2.91. The zero-order chi connectivity index (χ0) is 13.9. The first-order valence-corrected chi connectivity index (χ1v) is 8.18. The molecule has 0 fully saturated rings. The van der Waals surface area contributed by atoms with Gasteiger partial charge in [-0.2, -0.15) is 0 Å². The van der Waals surface area contributed by atoms with Gasteiger partial charge >= 0.3 is 0 Å². The number of para-hydroxylation sites is 1. The van der Waals surface area contributed by atoms with Gasteiger partial charge < -0.3 is 4.74 Å². The normalized spacial score (nSPS) is 14.9. The summed E-state index contributed by atoms with van der Waals surface area (Å²) in [6.45, 7) is 2.72. The third-order valence-electron chi connectivity index (χ3n) is 3.91. The third kappa shape index (κ3) is 2.62. The second kappa shape index (κ2) is 6.01. The van der Waals surface area contributed by atoms with Gasteiger partial charge in [0.25, 0.3) is 0 Å². The molecule has 1 atom stereocenters. The number of alkyl halides is 1. The molecule has 0 amide bonds. The molecule has 3 rings (SSSR count). The maximum atomic E-state index is 5.74. The van der Waals surface area contributed by atoms with Crippen LogP contribution in [-0.4, -0.2) is 6.61 Å². The van der Waals surface area contributed by atoms with Crippen molar-refractivity contribution in [2.75, 3.05) is 6.61 Å². The molecular weight excluding hydrogens is 312 g/mol. The molecule has 104 valence electrons. The number of aryl methyl sites for hydroxylation is 2. The molecule has 1 aliphatic carbocycles. The summed E-state index contributed by atoms with van der Waals surface area (Å²) in [5.74, 6) is 0.970. The van der Waals surface area contributed by atoms with Gasteiger partial charge in [0.15, 0.2) is 0 Å². The molecule has 0 aromatic heterocycles. The summed E-state index contributed by atoms with van der Waals surface area (Å²) in [5.41, 5.74) is 5.55. The van der Waals surface area contributed by atoms with Crippen LogP contribution in [0.3, 0.4) is 0 Å². The first-order valence-electron chi connectivity index (χ1n) is 7.27. The lowest BCUT2D eigenvalue weighted by atomic mass is 10.00. The number of fused-ring (bicyclic) bond motifs is 1. The van der Waals surface area contributed by atoms with E-state index in [-0.39, 0.29) is 4.83 Å². The van der Waals surface area contributed by atoms with Crippen LogP contribution in [0.5, 0.6) is 5.75 Å². The van der Waals surface area contributed by atoms with Crippen molar-refractivity contribution in [3.63, 3.8) is 0 Å². The SMILES string of the molecule is CCOc1ccccc1C(Br)c1ccc2c(c1)CCC2. The van der Waals surface area contributed by atoms with E-state index in [0.29, 0.717) is 6.61 Å². The molecule has 1 aliphatic rings. The van der Waals surface area contributed by atoms with Crippen molar-refractivity contribution in [3.05, 3.63) is 64.7 Å². The van der Waals surface area contributed by atoms with Crippen molar-refractivity contribution in [2.24, 2.45) is 0 Å². The summed E-state index contributed by atoms with van der Waals surface area (Å²) in [7, 11) is 0. The van der Waals surface area contributed by atoms with Crippen molar-refractivity contribution in [2.45, 2.75) is 31.0 Å². The Morgan fingerprint density at radius 3 is 2.75 bits per heavy atom. The van der Waals surface area contributed by atoms with Crippen LogP contribution >= 0.6 is 15.9 Å². The summed E-state index contributed by atoms with van der Waals surface area (Å²) < 4.78 is 5.74. The van der Waals surface area contributed by atoms with Gasteiger partial charge in [-0.25, -0.2) is 0 Å². The topological polar surface area (TPSA) is 9.23 Å². The number of hydrogen-bond acceptors (Lipinski definition) is 1. The Hall–Kier alpha value is -1.28. The second-order valence-corrected chi connectivity index (χ2v) is 6.13. The minimum atomic E-state index is 0.191. The van der Waals surface area contributed by atoms with E-state index in [1.807, 2.05) is 19.1 Å². The number of rotatable bonds is 4. The van der Waals surface area contributed by atoms with E-state index in [1.54, 1.807) is 0 Å². The van der Waals surface area contributed by atoms with Crippen LogP contribution in [0.1, 0.15) is 40.4 Å². The molecule has 0 saturated heterocycles. The van der Waals surface area contributed by atoms with Gasteiger partial charge in [0.2, 0.25) is 0 Å². The Kier molecular flexibility index (Phi) is 4.11. The number of halogens is 1. The van der Waals surface area contributed by atoms with Crippen LogP contribution < -0.4 is 4.74 Å². The van der Waals surface area contributed by atoms with Crippen molar-refractivity contribution in [1.82, 2.24) is 0 Å². The Labute approximate surface area is 129 Å². The first-order chi connectivity index (χ1) is 9.79. The van der Waals surface area contributed by atoms with Crippen molar-refractivity contribution < 1.29 is 4.74 Å². The molecule has 1 nitrogen and oxygen atoms in total. The van der Waals surface area contributed by atoms with Gasteiger partial charge in [0, 0.05) is 5.56 Å². The van der Waals surface area contributed by atoms with Crippen LogP contribution in [0.4, 0.5) is 0 Å². The quantitative estimate of drug-likeness (QED) is 0.712. The Bertz CT molecular complexity index is 606. The van der Waals surface area contributed by atoms with Gasteiger partial charge in [0.05, 0.1) is 11.4 Å². The molecule has 0 aliphatic heterocycles. The molecule has 0 N–H and O–H groups in total. The van der Waals surface area contributed by atoms with Gasteiger partial charge in [-0.3, -0.25) is 0 Å². The molecule has 0 bridgehead atoms. The summed E-state index contributed by atoms with van der Waals surface area (Å²) in [4.78, 5) is 0.191. The van der Waals surface area contributed by atoms with E-state index in [9.17, 15) is 0 Å². The van der Waals surface area contributed by atoms with Crippen LogP contribution in [0, 0.1) is 0 Å². The van der Waals surface area contributed by atoms with Crippen molar-refractivity contribution in [3.8, 4) is 5.75 Å². The Morgan fingerprint density at radius 2 is 1.90 bits per heavy atom. The van der Waals surface area contributed by atoms with E-state index in [1.165, 1.54) is 41.5 Å². The molecular formula is C18H19BrO. The second-order valence-electron chi connectivity index (χ2n) is 5.22. The lowest BCUT2D eigenvalue weighted by Crippen LogP contribution is -2.00. The zero-order valence-electron chi connectivity index (χ0n) is 11.7. The van der Waals surface area contributed by atoms with Crippen LogP contribution in [0.15, 0.2) is 42.5 Å². The summed E-state index contributed by atoms with van der Waals surface area (Å²) in [6.07, 6.45) is 3.75. The van der Waals surface area contributed by atoms with E-state index in [2.05, 4.69) is 46.3 Å². The fraction of sp³-hybridized carbons (Fsp3) is 0.333. The zero-order valence-corrected chi connectivity index (χ0v) is 13.3. The van der Waals surface area contributed by atoms with Crippen LogP contribution in [0.2, 0.25) is 0 Å². The molecule has 20 heavy (non-hydrogen) atoms. The minimum absolute atomic E-state index is 0.191. The first kappa shape index (κ1) is 13.7. The van der Waals surface area contributed by atoms with Crippen molar-refractivity contribution in [1.29, 1.82) is 0 Å². The van der Waals surface area contributed by atoms with E-state index in [0.717, 1.165) is 5.75 Å². The molecule has 0 heterocycles. The van der Waals surface area contributed by atoms with Gasteiger partial charge in [-0.15, -0.1) is 0 Å². The largest absolute Gasteiger partial charge is 0.494 e. The van der Waals surface area contributed by atoms with E-state index in [4.69, 9.17) is 4.74 Å². The lowest BCUT2D eigenvalue weighted by Gasteiger charge is -2.16. The minimum Gasteiger partial charge on any atom is -0.494 e. The summed E-state index contributed by atoms with van der Waals surface area (Å²) >= 11 is 3.84. The number of benzene rings is 2. The van der Waals surface area contributed by atoms with Crippen molar-refractivity contribution >= 4 is 15.9 Å². The van der Waals surface area contributed by atoms with E-state index < -0.39 is 0 Å². The highest BCUT2D eigenvalue weighted by atomic mass is 79.9.